The van der Waals surface area contributed by atoms with E-state index in [2.05, 4.69) is 5.32 Å². The van der Waals surface area contributed by atoms with Gasteiger partial charge in [0.25, 0.3) is 0 Å². The van der Waals surface area contributed by atoms with Crippen molar-refractivity contribution in [1.82, 2.24) is 0 Å². The predicted molar refractivity (Wildman–Crippen MR) is 73.1 cm³/mol. The van der Waals surface area contributed by atoms with Gasteiger partial charge in [-0.3, -0.25) is 4.79 Å². The SMILES string of the molecule is Cc1cc(S(N)(=O)=O)ccc1NC(=O)CC1CCC1. The van der Waals surface area contributed by atoms with Crippen LogP contribution in [0.15, 0.2) is 23.1 Å². The maximum absolute atomic E-state index is 11.8. The number of carbonyl (C=O) groups is 1. The average molecular weight is 282 g/mol. The highest BCUT2D eigenvalue weighted by molar-refractivity contribution is 7.89. The van der Waals surface area contributed by atoms with E-state index in [1.165, 1.54) is 18.6 Å². The number of amides is 1. The lowest BCUT2D eigenvalue weighted by Gasteiger charge is -2.24. The summed E-state index contributed by atoms with van der Waals surface area (Å²) in [5, 5.41) is 7.87. The van der Waals surface area contributed by atoms with Crippen molar-refractivity contribution in [3.63, 3.8) is 0 Å². The topological polar surface area (TPSA) is 89.3 Å². The van der Waals surface area contributed by atoms with E-state index in [-0.39, 0.29) is 10.8 Å². The molecule has 3 N–H and O–H groups in total. The van der Waals surface area contributed by atoms with E-state index in [0.717, 1.165) is 12.8 Å². The Hall–Kier alpha value is -1.40. The van der Waals surface area contributed by atoms with Crippen molar-refractivity contribution >= 4 is 21.6 Å². The van der Waals surface area contributed by atoms with Gasteiger partial charge in [-0.05, 0) is 49.4 Å². The number of sulfonamides is 1. The van der Waals surface area contributed by atoms with Crippen LogP contribution >= 0.6 is 0 Å². The minimum Gasteiger partial charge on any atom is -0.326 e. The van der Waals surface area contributed by atoms with E-state index in [1.807, 2.05) is 0 Å². The number of hydrogen-bond acceptors (Lipinski definition) is 3. The zero-order valence-corrected chi connectivity index (χ0v) is 11.7. The molecule has 104 valence electrons. The predicted octanol–water partition coefficient (Wildman–Crippen LogP) is 1.77. The van der Waals surface area contributed by atoms with Crippen LogP contribution < -0.4 is 10.5 Å². The Bertz CT molecular complexity index is 592. The molecule has 0 radical (unpaired) electrons. The van der Waals surface area contributed by atoms with Gasteiger partial charge in [-0.15, -0.1) is 0 Å². The van der Waals surface area contributed by atoms with Crippen LogP contribution in [0.3, 0.4) is 0 Å². The summed E-state index contributed by atoms with van der Waals surface area (Å²) in [6, 6.07) is 4.45. The third-order valence-electron chi connectivity index (χ3n) is 3.50. The highest BCUT2D eigenvalue weighted by Crippen LogP contribution is 2.29. The first kappa shape index (κ1) is 14.0. The van der Waals surface area contributed by atoms with Crippen molar-refractivity contribution in [1.29, 1.82) is 0 Å². The molecule has 1 aromatic rings. The second kappa shape index (κ2) is 5.30. The van der Waals surface area contributed by atoms with Crippen LogP contribution in [-0.2, 0) is 14.8 Å². The first-order valence-corrected chi connectivity index (χ1v) is 7.84. The third kappa shape index (κ3) is 3.54. The van der Waals surface area contributed by atoms with Crippen LogP contribution in [0.1, 0.15) is 31.2 Å². The lowest BCUT2D eigenvalue weighted by atomic mass is 9.83. The van der Waals surface area contributed by atoms with Crippen molar-refractivity contribution in [3.8, 4) is 0 Å². The van der Waals surface area contributed by atoms with Gasteiger partial charge >= 0.3 is 0 Å². The molecule has 2 rings (SSSR count). The van der Waals surface area contributed by atoms with Crippen LogP contribution in [0.5, 0.6) is 0 Å². The van der Waals surface area contributed by atoms with E-state index in [1.54, 1.807) is 13.0 Å². The highest BCUT2D eigenvalue weighted by atomic mass is 32.2. The van der Waals surface area contributed by atoms with Crippen LogP contribution in [0.4, 0.5) is 5.69 Å². The molecule has 0 heterocycles. The van der Waals surface area contributed by atoms with E-state index in [0.29, 0.717) is 23.6 Å². The molecule has 0 saturated heterocycles. The number of aryl methyl sites for hydroxylation is 1. The number of anilines is 1. The molecule has 0 bridgehead atoms. The fourth-order valence-electron chi connectivity index (χ4n) is 2.11. The molecule has 0 atom stereocenters. The number of hydrogen-bond donors (Lipinski definition) is 2. The summed E-state index contributed by atoms with van der Waals surface area (Å²) in [4.78, 5) is 11.9. The van der Waals surface area contributed by atoms with Gasteiger partial charge in [0.2, 0.25) is 15.9 Å². The summed E-state index contributed by atoms with van der Waals surface area (Å²) >= 11 is 0. The molecule has 0 spiro atoms. The van der Waals surface area contributed by atoms with Crippen molar-refractivity contribution < 1.29 is 13.2 Å². The first-order chi connectivity index (χ1) is 8.86. The van der Waals surface area contributed by atoms with Crippen LogP contribution in [0.25, 0.3) is 0 Å². The van der Waals surface area contributed by atoms with Crippen molar-refractivity contribution in [2.45, 2.75) is 37.5 Å². The third-order valence-corrected chi connectivity index (χ3v) is 4.41. The van der Waals surface area contributed by atoms with E-state index >= 15 is 0 Å². The Labute approximate surface area is 113 Å². The Morgan fingerprint density at radius 1 is 1.42 bits per heavy atom. The molecule has 0 aromatic heterocycles. The van der Waals surface area contributed by atoms with Gasteiger partial charge < -0.3 is 5.32 Å². The van der Waals surface area contributed by atoms with Gasteiger partial charge in [0.05, 0.1) is 4.90 Å². The fraction of sp³-hybridized carbons (Fsp3) is 0.462. The molecule has 1 saturated carbocycles. The van der Waals surface area contributed by atoms with Gasteiger partial charge in [-0.25, -0.2) is 13.6 Å². The first-order valence-electron chi connectivity index (χ1n) is 6.29. The molecule has 0 unspecified atom stereocenters. The Morgan fingerprint density at radius 2 is 2.11 bits per heavy atom. The highest BCUT2D eigenvalue weighted by Gasteiger charge is 2.21. The fourth-order valence-corrected chi connectivity index (χ4v) is 2.71. The zero-order valence-electron chi connectivity index (χ0n) is 10.8. The molecule has 1 aromatic carbocycles. The summed E-state index contributed by atoms with van der Waals surface area (Å²) in [6.07, 6.45) is 3.99. The molecule has 1 amide bonds. The lowest BCUT2D eigenvalue weighted by Crippen LogP contribution is -2.21. The second-order valence-electron chi connectivity index (χ2n) is 5.07. The quantitative estimate of drug-likeness (QED) is 0.882. The normalized spacial score (nSPS) is 15.9. The minimum absolute atomic E-state index is 0.0174. The van der Waals surface area contributed by atoms with Gasteiger partial charge in [0, 0.05) is 12.1 Å². The standard InChI is InChI=1S/C13H18N2O3S/c1-9-7-11(19(14,17)18)5-6-12(9)15-13(16)8-10-3-2-4-10/h5-7,10H,2-4,8H2,1H3,(H,15,16)(H2,14,17,18). The van der Waals surface area contributed by atoms with Gasteiger partial charge in [0.1, 0.15) is 0 Å². The molecule has 1 aliphatic carbocycles. The lowest BCUT2D eigenvalue weighted by molar-refractivity contribution is -0.117. The molecular weight excluding hydrogens is 264 g/mol. The molecule has 5 nitrogen and oxygen atoms in total. The number of rotatable bonds is 4. The summed E-state index contributed by atoms with van der Waals surface area (Å²) in [5.41, 5.74) is 1.32. The maximum Gasteiger partial charge on any atom is 0.238 e. The van der Waals surface area contributed by atoms with E-state index in [4.69, 9.17) is 5.14 Å². The number of benzene rings is 1. The molecule has 6 heteroatoms. The van der Waals surface area contributed by atoms with Crippen molar-refractivity contribution in [3.05, 3.63) is 23.8 Å². The van der Waals surface area contributed by atoms with Crippen LogP contribution in [-0.4, -0.2) is 14.3 Å². The Kier molecular flexibility index (Phi) is 3.91. The Balaban J connectivity index is 2.06. The number of nitrogens with two attached hydrogens (primary N) is 1. The van der Waals surface area contributed by atoms with Gasteiger partial charge in [0.15, 0.2) is 0 Å². The maximum atomic E-state index is 11.8. The molecule has 0 aliphatic heterocycles. The second-order valence-corrected chi connectivity index (χ2v) is 6.63. The molecule has 19 heavy (non-hydrogen) atoms. The molecule has 1 aliphatic rings. The van der Waals surface area contributed by atoms with Crippen molar-refractivity contribution in [2.75, 3.05) is 5.32 Å². The number of primary sulfonamides is 1. The summed E-state index contributed by atoms with van der Waals surface area (Å²) in [5.74, 6) is 0.486. The smallest absolute Gasteiger partial charge is 0.238 e. The number of nitrogens with one attached hydrogen (secondary N) is 1. The largest absolute Gasteiger partial charge is 0.326 e. The van der Waals surface area contributed by atoms with Gasteiger partial charge in [-0.2, -0.15) is 0 Å². The minimum atomic E-state index is -3.70. The summed E-state index contributed by atoms with van der Waals surface area (Å²) in [7, 11) is -3.70. The van der Waals surface area contributed by atoms with E-state index < -0.39 is 10.0 Å². The van der Waals surface area contributed by atoms with Crippen LogP contribution in [0, 0.1) is 12.8 Å². The van der Waals surface area contributed by atoms with Crippen molar-refractivity contribution in [2.24, 2.45) is 11.1 Å². The summed E-state index contributed by atoms with van der Waals surface area (Å²) in [6.45, 7) is 1.74. The molecule has 1 fully saturated rings. The average Bonchev–Trinajstić information content (AvgIpc) is 2.25. The van der Waals surface area contributed by atoms with Crippen LogP contribution in [0.2, 0.25) is 0 Å². The monoisotopic (exact) mass is 282 g/mol. The number of carbonyl (C=O) groups excluding carboxylic acids is 1. The zero-order chi connectivity index (χ0) is 14.0. The van der Waals surface area contributed by atoms with Gasteiger partial charge in [-0.1, -0.05) is 6.42 Å². The Morgan fingerprint density at radius 3 is 2.58 bits per heavy atom. The van der Waals surface area contributed by atoms with E-state index in [9.17, 15) is 13.2 Å². The molecular formula is C13H18N2O3S. The summed E-state index contributed by atoms with van der Waals surface area (Å²) < 4.78 is 22.4.